The number of carbonyl (C=O) groups is 1. The van der Waals surface area contributed by atoms with Crippen LogP contribution in [0.4, 0.5) is 5.69 Å². The third kappa shape index (κ3) is 3.24. The Kier molecular flexibility index (Phi) is 3.77. The average molecular weight is 284 g/mol. The summed E-state index contributed by atoms with van der Waals surface area (Å²) in [6.07, 6.45) is 1.14. The largest absolute Gasteiger partial charge is 0.497 e. The molecule has 7 heteroatoms. The maximum Gasteiger partial charge on any atom is 0.230 e. The predicted molar refractivity (Wildman–Crippen MR) is 71.5 cm³/mol. The van der Waals surface area contributed by atoms with Crippen LogP contribution < -0.4 is 10.1 Å². The standard InChI is InChI=1S/C12H16N2O4S/c1-18-11-5-3-4-10(6-11)13-12(15)9-7-14(8-9)19(2,16)17/h3-6,9H,7-8H2,1-2H3,(H,13,15). The molecule has 0 saturated carbocycles. The van der Waals surface area contributed by atoms with Crippen molar-refractivity contribution >= 4 is 21.6 Å². The number of ether oxygens (including phenoxy) is 1. The van der Waals surface area contributed by atoms with Gasteiger partial charge in [0.25, 0.3) is 0 Å². The Labute approximate surface area is 112 Å². The topological polar surface area (TPSA) is 75.7 Å². The SMILES string of the molecule is COc1cccc(NC(=O)C2CN(S(C)(=O)=O)C2)c1. The van der Waals surface area contributed by atoms with Crippen molar-refractivity contribution in [3.05, 3.63) is 24.3 Å². The Morgan fingerprint density at radius 3 is 2.68 bits per heavy atom. The Morgan fingerprint density at radius 2 is 2.11 bits per heavy atom. The molecule has 1 heterocycles. The highest BCUT2D eigenvalue weighted by molar-refractivity contribution is 7.88. The Balaban J connectivity index is 1.92. The molecule has 1 aliphatic rings. The lowest BCUT2D eigenvalue weighted by molar-refractivity contribution is -0.122. The highest BCUT2D eigenvalue weighted by Crippen LogP contribution is 2.22. The van der Waals surface area contributed by atoms with Gasteiger partial charge in [0, 0.05) is 24.8 Å². The summed E-state index contributed by atoms with van der Waals surface area (Å²) in [5.74, 6) is 0.193. The molecule has 0 unspecified atom stereocenters. The van der Waals surface area contributed by atoms with Gasteiger partial charge in [0.1, 0.15) is 5.75 Å². The van der Waals surface area contributed by atoms with Crippen LogP contribution in [0, 0.1) is 5.92 Å². The molecule has 19 heavy (non-hydrogen) atoms. The van der Waals surface area contributed by atoms with Gasteiger partial charge in [-0.2, -0.15) is 0 Å². The fraction of sp³-hybridized carbons (Fsp3) is 0.417. The Hall–Kier alpha value is -1.60. The maximum atomic E-state index is 11.9. The summed E-state index contributed by atoms with van der Waals surface area (Å²) in [4.78, 5) is 11.9. The van der Waals surface area contributed by atoms with E-state index in [9.17, 15) is 13.2 Å². The van der Waals surface area contributed by atoms with E-state index >= 15 is 0 Å². The fourth-order valence-electron chi connectivity index (χ4n) is 1.82. The molecular formula is C12H16N2O4S. The third-order valence-electron chi connectivity index (χ3n) is 3.03. The van der Waals surface area contributed by atoms with E-state index < -0.39 is 10.0 Å². The van der Waals surface area contributed by atoms with Gasteiger partial charge in [0.05, 0.1) is 19.3 Å². The molecule has 1 N–H and O–H groups in total. The van der Waals surface area contributed by atoms with E-state index in [1.807, 2.05) is 0 Å². The minimum atomic E-state index is -3.18. The number of amides is 1. The highest BCUT2D eigenvalue weighted by atomic mass is 32.2. The smallest absolute Gasteiger partial charge is 0.230 e. The number of hydrogen-bond acceptors (Lipinski definition) is 4. The number of carbonyl (C=O) groups excluding carboxylic acids is 1. The fourth-order valence-corrected chi connectivity index (χ4v) is 2.72. The lowest BCUT2D eigenvalue weighted by Gasteiger charge is -2.35. The molecule has 0 aliphatic carbocycles. The van der Waals surface area contributed by atoms with Crippen molar-refractivity contribution in [1.29, 1.82) is 0 Å². The van der Waals surface area contributed by atoms with Crippen molar-refractivity contribution in [1.82, 2.24) is 4.31 Å². The molecule has 1 aromatic rings. The third-order valence-corrected chi connectivity index (χ3v) is 4.26. The van der Waals surface area contributed by atoms with E-state index in [0.717, 1.165) is 6.26 Å². The number of hydrogen-bond donors (Lipinski definition) is 1. The Morgan fingerprint density at radius 1 is 1.42 bits per heavy atom. The van der Waals surface area contributed by atoms with E-state index in [2.05, 4.69) is 5.32 Å². The molecule has 1 amide bonds. The van der Waals surface area contributed by atoms with Crippen LogP contribution in [0.15, 0.2) is 24.3 Å². The molecule has 0 atom stereocenters. The average Bonchev–Trinajstić information content (AvgIpc) is 2.25. The van der Waals surface area contributed by atoms with Crippen molar-refractivity contribution in [2.24, 2.45) is 5.92 Å². The molecule has 1 aliphatic heterocycles. The molecule has 0 aromatic heterocycles. The molecular weight excluding hydrogens is 268 g/mol. The first-order valence-electron chi connectivity index (χ1n) is 5.80. The minimum absolute atomic E-state index is 0.173. The molecule has 0 radical (unpaired) electrons. The summed E-state index contributed by atoms with van der Waals surface area (Å²) in [6.45, 7) is 0.489. The number of nitrogens with one attached hydrogen (secondary N) is 1. The lowest BCUT2D eigenvalue weighted by atomic mass is 10.0. The molecule has 1 fully saturated rings. The highest BCUT2D eigenvalue weighted by Gasteiger charge is 2.37. The summed E-state index contributed by atoms with van der Waals surface area (Å²) in [6, 6.07) is 7.03. The molecule has 104 valence electrons. The summed E-state index contributed by atoms with van der Waals surface area (Å²) >= 11 is 0. The summed E-state index contributed by atoms with van der Waals surface area (Å²) in [7, 11) is -1.63. The van der Waals surface area contributed by atoms with Crippen LogP contribution in [0.5, 0.6) is 5.75 Å². The zero-order valence-electron chi connectivity index (χ0n) is 10.8. The lowest BCUT2D eigenvalue weighted by Crippen LogP contribution is -2.53. The van der Waals surface area contributed by atoms with Gasteiger partial charge in [-0.15, -0.1) is 0 Å². The molecule has 1 aromatic carbocycles. The second-order valence-electron chi connectivity index (χ2n) is 4.50. The van der Waals surface area contributed by atoms with E-state index in [-0.39, 0.29) is 24.9 Å². The van der Waals surface area contributed by atoms with Crippen LogP contribution in [0.3, 0.4) is 0 Å². The monoisotopic (exact) mass is 284 g/mol. The first kappa shape index (κ1) is 13.8. The molecule has 0 spiro atoms. The van der Waals surface area contributed by atoms with Gasteiger partial charge < -0.3 is 10.1 Å². The first-order valence-corrected chi connectivity index (χ1v) is 7.65. The van der Waals surface area contributed by atoms with Crippen molar-refractivity contribution in [3.8, 4) is 5.75 Å². The van der Waals surface area contributed by atoms with Gasteiger partial charge in [0.2, 0.25) is 15.9 Å². The number of methoxy groups -OCH3 is 1. The van der Waals surface area contributed by atoms with Crippen molar-refractivity contribution < 1.29 is 17.9 Å². The molecule has 1 saturated heterocycles. The van der Waals surface area contributed by atoms with Crippen LogP contribution in [-0.4, -0.2) is 45.1 Å². The summed E-state index contributed by atoms with van der Waals surface area (Å²) < 4.78 is 28.7. The van der Waals surface area contributed by atoms with Gasteiger partial charge in [-0.3, -0.25) is 4.79 Å². The number of rotatable bonds is 4. The van der Waals surface area contributed by atoms with Gasteiger partial charge in [-0.05, 0) is 12.1 Å². The van der Waals surface area contributed by atoms with Gasteiger partial charge >= 0.3 is 0 Å². The van der Waals surface area contributed by atoms with Crippen LogP contribution in [-0.2, 0) is 14.8 Å². The summed E-state index contributed by atoms with van der Waals surface area (Å²) in [5, 5.41) is 2.75. The van der Waals surface area contributed by atoms with Crippen LogP contribution in [0.2, 0.25) is 0 Å². The number of sulfonamides is 1. The van der Waals surface area contributed by atoms with E-state index in [1.165, 1.54) is 4.31 Å². The number of nitrogens with zero attached hydrogens (tertiary/aromatic N) is 1. The molecule has 2 rings (SSSR count). The normalized spacial score (nSPS) is 16.7. The second kappa shape index (κ2) is 5.18. The van der Waals surface area contributed by atoms with E-state index in [0.29, 0.717) is 11.4 Å². The van der Waals surface area contributed by atoms with Gasteiger partial charge in [-0.25, -0.2) is 12.7 Å². The molecule has 6 nitrogen and oxygen atoms in total. The van der Waals surface area contributed by atoms with Crippen molar-refractivity contribution in [2.45, 2.75) is 0 Å². The minimum Gasteiger partial charge on any atom is -0.497 e. The number of anilines is 1. The van der Waals surface area contributed by atoms with Crippen LogP contribution in [0.1, 0.15) is 0 Å². The van der Waals surface area contributed by atoms with Crippen molar-refractivity contribution in [3.63, 3.8) is 0 Å². The van der Waals surface area contributed by atoms with Gasteiger partial charge in [0.15, 0.2) is 0 Å². The van der Waals surface area contributed by atoms with E-state index in [1.54, 1.807) is 31.4 Å². The zero-order valence-corrected chi connectivity index (χ0v) is 11.6. The molecule has 0 bridgehead atoms. The second-order valence-corrected chi connectivity index (χ2v) is 6.48. The van der Waals surface area contributed by atoms with Crippen LogP contribution in [0.25, 0.3) is 0 Å². The quantitative estimate of drug-likeness (QED) is 0.875. The Bertz CT molecular complexity index is 579. The number of benzene rings is 1. The summed E-state index contributed by atoms with van der Waals surface area (Å²) in [5.41, 5.74) is 0.641. The van der Waals surface area contributed by atoms with Crippen LogP contribution >= 0.6 is 0 Å². The van der Waals surface area contributed by atoms with Crippen molar-refractivity contribution in [2.75, 3.05) is 31.8 Å². The van der Waals surface area contributed by atoms with Gasteiger partial charge in [-0.1, -0.05) is 6.07 Å². The predicted octanol–water partition coefficient (Wildman–Crippen LogP) is 0.525. The van der Waals surface area contributed by atoms with E-state index in [4.69, 9.17) is 4.74 Å². The zero-order chi connectivity index (χ0) is 14.0. The first-order chi connectivity index (χ1) is 8.90. The maximum absolute atomic E-state index is 11.9.